The highest BCUT2D eigenvalue weighted by Crippen LogP contribution is 2.32. The zero-order chi connectivity index (χ0) is 12.4. The zero-order valence-electron chi connectivity index (χ0n) is 10.7. The lowest BCUT2D eigenvalue weighted by Gasteiger charge is -2.30. The first-order chi connectivity index (χ1) is 7.28. The van der Waals surface area contributed by atoms with E-state index in [1.807, 2.05) is 30.5 Å². The number of rotatable bonds is 2. The molecule has 1 amide bonds. The second-order valence-corrected chi connectivity index (χ2v) is 7.74. The fourth-order valence-electron chi connectivity index (χ4n) is 1.71. The van der Waals surface area contributed by atoms with Crippen LogP contribution in [0.1, 0.15) is 34.1 Å². The van der Waals surface area contributed by atoms with Crippen molar-refractivity contribution in [2.24, 2.45) is 5.41 Å². The molecule has 1 aliphatic rings. The van der Waals surface area contributed by atoms with Gasteiger partial charge in [0.2, 0.25) is 5.91 Å². The number of hydrogen-bond donors (Lipinski definition) is 0. The van der Waals surface area contributed by atoms with Crippen LogP contribution in [0.4, 0.5) is 0 Å². The molecule has 0 bridgehead atoms. The van der Waals surface area contributed by atoms with Gasteiger partial charge in [-0.2, -0.15) is 11.8 Å². The van der Waals surface area contributed by atoms with Crippen molar-refractivity contribution >= 4 is 29.3 Å². The van der Waals surface area contributed by atoms with Gasteiger partial charge >= 0.3 is 0 Å². The molecule has 1 rings (SSSR count). The third-order valence-corrected chi connectivity index (χ3v) is 5.08. The lowest BCUT2D eigenvalue weighted by Crippen LogP contribution is -2.43. The molecule has 0 N–H and O–H groups in total. The third-order valence-electron chi connectivity index (χ3n) is 3.04. The highest BCUT2D eigenvalue weighted by molar-refractivity contribution is 8.00. The van der Waals surface area contributed by atoms with Gasteiger partial charge in [0.25, 0.3) is 0 Å². The second-order valence-electron chi connectivity index (χ2n) is 5.67. The minimum absolute atomic E-state index is 0.195. The smallest absolute Gasteiger partial charge is 0.229 e. The fraction of sp³-hybridized carbons (Fsp3) is 0.917. The maximum absolute atomic E-state index is 12.2. The van der Waals surface area contributed by atoms with Crippen molar-refractivity contribution in [2.45, 2.75) is 38.9 Å². The van der Waals surface area contributed by atoms with Gasteiger partial charge in [-0.05, 0) is 20.3 Å². The van der Waals surface area contributed by atoms with E-state index in [1.54, 1.807) is 0 Å². The van der Waals surface area contributed by atoms with Crippen molar-refractivity contribution < 1.29 is 4.79 Å². The van der Waals surface area contributed by atoms with Crippen LogP contribution in [-0.2, 0) is 4.79 Å². The van der Waals surface area contributed by atoms with Crippen LogP contribution in [-0.4, -0.2) is 40.3 Å². The van der Waals surface area contributed by atoms with Gasteiger partial charge in [0, 0.05) is 29.5 Å². The van der Waals surface area contributed by atoms with Crippen molar-refractivity contribution in [3.05, 3.63) is 0 Å². The van der Waals surface area contributed by atoms with E-state index < -0.39 is 5.41 Å². The Bertz CT molecular complexity index is 266. The molecular formula is C12H22ClNOS. The van der Waals surface area contributed by atoms with Crippen LogP contribution in [0.5, 0.6) is 0 Å². The molecule has 1 aliphatic heterocycles. The number of carbonyl (C=O) groups excluding carboxylic acids is 1. The molecule has 0 unspecified atom stereocenters. The van der Waals surface area contributed by atoms with Crippen molar-refractivity contribution in [1.29, 1.82) is 0 Å². The average molecular weight is 264 g/mol. The third kappa shape index (κ3) is 3.56. The topological polar surface area (TPSA) is 20.3 Å². The molecule has 2 nitrogen and oxygen atoms in total. The fourth-order valence-corrected chi connectivity index (χ4v) is 2.92. The van der Waals surface area contributed by atoms with Gasteiger partial charge in [-0.3, -0.25) is 4.79 Å². The number of carbonyl (C=O) groups is 1. The number of halogens is 1. The normalized spacial score (nSPS) is 21.7. The predicted octanol–water partition coefficient (Wildman–Crippen LogP) is 3.00. The summed E-state index contributed by atoms with van der Waals surface area (Å²) in [5, 5.41) is 0. The van der Waals surface area contributed by atoms with Gasteiger partial charge < -0.3 is 4.90 Å². The van der Waals surface area contributed by atoms with E-state index in [4.69, 9.17) is 11.6 Å². The van der Waals surface area contributed by atoms with Crippen LogP contribution < -0.4 is 0 Å². The predicted molar refractivity (Wildman–Crippen MR) is 72.2 cm³/mol. The first kappa shape index (κ1) is 14.2. The van der Waals surface area contributed by atoms with E-state index in [9.17, 15) is 4.79 Å². The summed E-state index contributed by atoms with van der Waals surface area (Å²) in [5.41, 5.74) is -0.430. The van der Waals surface area contributed by atoms with E-state index in [0.717, 1.165) is 25.3 Å². The maximum Gasteiger partial charge on any atom is 0.229 e. The summed E-state index contributed by atoms with van der Waals surface area (Å²) in [7, 11) is 0. The SMILES string of the molecule is CC1(C)CCN(C(=O)C(C)(C)CCl)CCS1. The Morgan fingerprint density at radius 3 is 2.62 bits per heavy atom. The largest absolute Gasteiger partial charge is 0.341 e. The van der Waals surface area contributed by atoms with E-state index in [0.29, 0.717) is 10.6 Å². The number of thioether (sulfide) groups is 1. The summed E-state index contributed by atoms with van der Waals surface area (Å²) in [4.78, 5) is 14.2. The molecule has 16 heavy (non-hydrogen) atoms. The van der Waals surface area contributed by atoms with Crippen molar-refractivity contribution in [1.82, 2.24) is 4.90 Å². The van der Waals surface area contributed by atoms with Crippen LogP contribution >= 0.6 is 23.4 Å². The molecule has 0 aromatic carbocycles. The van der Waals surface area contributed by atoms with Crippen molar-refractivity contribution in [2.75, 3.05) is 24.7 Å². The van der Waals surface area contributed by atoms with E-state index in [-0.39, 0.29) is 5.91 Å². The monoisotopic (exact) mass is 263 g/mol. The minimum atomic E-state index is -0.430. The summed E-state index contributed by atoms with van der Waals surface area (Å²) in [6, 6.07) is 0. The molecule has 0 aromatic heterocycles. The molecule has 0 aromatic rings. The van der Waals surface area contributed by atoms with Gasteiger partial charge in [-0.25, -0.2) is 0 Å². The lowest BCUT2D eigenvalue weighted by molar-refractivity contribution is -0.139. The molecule has 4 heteroatoms. The molecule has 0 atom stereocenters. The number of amides is 1. The summed E-state index contributed by atoms with van der Waals surface area (Å²) in [5.74, 6) is 1.61. The van der Waals surface area contributed by atoms with Crippen molar-refractivity contribution in [3.63, 3.8) is 0 Å². The zero-order valence-corrected chi connectivity index (χ0v) is 12.2. The highest BCUT2D eigenvalue weighted by atomic mass is 35.5. The molecule has 0 spiro atoms. The Labute approximate surface area is 108 Å². The molecule has 94 valence electrons. The quantitative estimate of drug-likeness (QED) is 0.714. The summed E-state index contributed by atoms with van der Waals surface area (Å²) in [6.07, 6.45) is 1.06. The molecule has 1 heterocycles. The summed E-state index contributed by atoms with van der Waals surface area (Å²) >= 11 is 7.81. The molecule has 1 saturated heterocycles. The average Bonchev–Trinajstić information content (AvgIpc) is 2.38. The van der Waals surface area contributed by atoms with Gasteiger partial charge in [0.05, 0.1) is 5.41 Å². The van der Waals surface area contributed by atoms with Gasteiger partial charge in [0.15, 0.2) is 0 Å². The van der Waals surface area contributed by atoms with Crippen molar-refractivity contribution in [3.8, 4) is 0 Å². The summed E-state index contributed by atoms with van der Waals surface area (Å²) in [6.45, 7) is 10.1. The Morgan fingerprint density at radius 1 is 1.44 bits per heavy atom. The Morgan fingerprint density at radius 2 is 2.06 bits per heavy atom. The Balaban J connectivity index is 2.65. The van der Waals surface area contributed by atoms with Gasteiger partial charge in [-0.1, -0.05) is 13.8 Å². The molecule has 1 fully saturated rings. The van der Waals surface area contributed by atoms with E-state index in [2.05, 4.69) is 13.8 Å². The van der Waals surface area contributed by atoms with Crippen LogP contribution in [0.25, 0.3) is 0 Å². The first-order valence-electron chi connectivity index (χ1n) is 5.78. The maximum atomic E-state index is 12.2. The van der Waals surface area contributed by atoms with Gasteiger partial charge in [0.1, 0.15) is 0 Å². The molecule has 0 aliphatic carbocycles. The Hall–Kier alpha value is 0.110. The van der Waals surface area contributed by atoms with Crippen LogP contribution in [0, 0.1) is 5.41 Å². The molecule has 0 saturated carbocycles. The van der Waals surface area contributed by atoms with Crippen LogP contribution in [0.15, 0.2) is 0 Å². The molecular weight excluding hydrogens is 242 g/mol. The Kier molecular flexibility index (Phi) is 4.58. The summed E-state index contributed by atoms with van der Waals surface area (Å²) < 4.78 is 0.292. The number of nitrogens with zero attached hydrogens (tertiary/aromatic N) is 1. The van der Waals surface area contributed by atoms with Gasteiger partial charge in [-0.15, -0.1) is 11.6 Å². The first-order valence-corrected chi connectivity index (χ1v) is 7.30. The van der Waals surface area contributed by atoms with Crippen LogP contribution in [0.3, 0.4) is 0 Å². The molecule has 0 radical (unpaired) electrons. The van der Waals surface area contributed by atoms with Crippen LogP contribution in [0.2, 0.25) is 0 Å². The van der Waals surface area contributed by atoms with E-state index >= 15 is 0 Å². The number of alkyl halides is 1. The minimum Gasteiger partial charge on any atom is -0.341 e. The second kappa shape index (κ2) is 5.18. The van der Waals surface area contributed by atoms with E-state index in [1.165, 1.54) is 0 Å². The standard InChI is InChI=1S/C12H22ClNOS/c1-11(2,9-13)10(15)14-6-5-12(3,4)16-8-7-14/h5-9H2,1-4H3. The lowest BCUT2D eigenvalue weighted by atomic mass is 9.94. The number of hydrogen-bond acceptors (Lipinski definition) is 2. The highest BCUT2D eigenvalue weighted by Gasteiger charge is 2.33.